The van der Waals surface area contributed by atoms with Crippen LogP contribution in [-0.2, 0) is 6.54 Å². The van der Waals surface area contributed by atoms with Gasteiger partial charge in [-0.3, -0.25) is 0 Å². The summed E-state index contributed by atoms with van der Waals surface area (Å²) in [4.78, 5) is 0. The van der Waals surface area contributed by atoms with Crippen molar-refractivity contribution in [2.24, 2.45) is 0 Å². The molecule has 0 saturated heterocycles. The Morgan fingerprint density at radius 3 is 1.39 bits per heavy atom. The lowest BCUT2D eigenvalue weighted by Gasteiger charge is -2.12. The van der Waals surface area contributed by atoms with E-state index in [0.29, 0.717) is 0 Å². The number of rotatable bonds is 6. The van der Waals surface area contributed by atoms with Gasteiger partial charge < -0.3 is 5.11 Å². The number of hydrogen-bond donors (Lipinski definition) is 1. The van der Waals surface area contributed by atoms with Gasteiger partial charge in [-0.15, -0.1) is 0 Å². The van der Waals surface area contributed by atoms with Crippen LogP contribution in [-0.4, -0.2) is 11.7 Å². The van der Waals surface area contributed by atoms with Crippen LogP contribution in [0.15, 0.2) is 103 Å². The first-order chi connectivity index (χ1) is 13.9. The molecule has 1 N–H and O–H groups in total. The van der Waals surface area contributed by atoms with Crippen LogP contribution in [0.3, 0.4) is 0 Å². The van der Waals surface area contributed by atoms with Crippen LogP contribution in [0.4, 0.5) is 0 Å². The molecule has 0 aliphatic rings. The minimum absolute atomic E-state index is 0.176. The Morgan fingerprint density at radius 2 is 0.964 bits per heavy atom. The van der Waals surface area contributed by atoms with Crippen LogP contribution >= 0.6 is 0 Å². The minimum Gasteiger partial charge on any atom is -0.396 e. The van der Waals surface area contributed by atoms with Gasteiger partial charge in [0.2, 0.25) is 11.4 Å². The van der Waals surface area contributed by atoms with Crippen molar-refractivity contribution in [2.45, 2.75) is 13.0 Å². The number of aliphatic hydroxyl groups is 1. The lowest BCUT2D eigenvalue weighted by atomic mass is 9.99. The Hall–Kier alpha value is -3.23. The number of hydrogen-bond acceptors (Lipinski definition) is 1. The van der Waals surface area contributed by atoms with Gasteiger partial charge in [0.25, 0.3) is 0 Å². The largest absolute Gasteiger partial charge is 0.396 e. The van der Waals surface area contributed by atoms with Crippen LogP contribution in [0.5, 0.6) is 0 Å². The van der Waals surface area contributed by atoms with Crippen LogP contribution in [0.1, 0.15) is 6.42 Å². The Morgan fingerprint density at radius 1 is 0.536 bits per heavy atom. The topological polar surface area (TPSA) is 24.1 Å². The molecule has 3 aromatic carbocycles. The highest BCUT2D eigenvalue weighted by atomic mass is 16.3. The first-order valence-electron chi connectivity index (χ1n) is 9.72. The van der Waals surface area contributed by atoms with E-state index in [4.69, 9.17) is 0 Å². The van der Waals surface area contributed by atoms with Crippen LogP contribution < -0.4 is 4.57 Å². The molecule has 0 fully saturated rings. The van der Waals surface area contributed by atoms with Gasteiger partial charge in [-0.25, -0.2) is 0 Å². The maximum Gasteiger partial charge on any atom is 0.213 e. The van der Waals surface area contributed by atoms with Crippen molar-refractivity contribution < 1.29 is 9.67 Å². The summed E-state index contributed by atoms with van der Waals surface area (Å²) in [5.74, 6) is 0. The van der Waals surface area contributed by atoms with Gasteiger partial charge in [0.15, 0.2) is 6.54 Å². The van der Waals surface area contributed by atoms with Crippen LogP contribution in [0.25, 0.3) is 33.6 Å². The molecule has 4 aromatic rings. The molecular weight excluding hydrogens is 342 g/mol. The van der Waals surface area contributed by atoms with Gasteiger partial charge in [0.05, 0.1) is 0 Å². The fourth-order valence-corrected chi connectivity index (χ4v) is 3.59. The van der Waals surface area contributed by atoms with Gasteiger partial charge in [-0.2, -0.15) is 4.57 Å². The van der Waals surface area contributed by atoms with E-state index in [1.807, 2.05) is 18.2 Å². The van der Waals surface area contributed by atoms with Crippen molar-refractivity contribution in [3.8, 4) is 33.6 Å². The molecule has 1 heterocycles. The monoisotopic (exact) mass is 366 g/mol. The number of pyridine rings is 1. The van der Waals surface area contributed by atoms with E-state index in [0.717, 1.165) is 24.4 Å². The molecule has 0 unspecified atom stereocenters. The summed E-state index contributed by atoms with van der Waals surface area (Å²) < 4.78 is 2.33. The fourth-order valence-electron chi connectivity index (χ4n) is 3.59. The van der Waals surface area contributed by atoms with Crippen molar-refractivity contribution in [1.29, 1.82) is 0 Å². The fraction of sp³-hybridized carbons (Fsp3) is 0.115. The minimum atomic E-state index is 0.176. The molecule has 1 aromatic heterocycles. The molecule has 0 bridgehead atoms. The first kappa shape index (κ1) is 18.1. The summed E-state index contributed by atoms with van der Waals surface area (Å²) in [5, 5.41) is 9.47. The van der Waals surface area contributed by atoms with E-state index in [2.05, 4.69) is 89.5 Å². The summed E-state index contributed by atoms with van der Waals surface area (Å²) in [6, 6.07) is 36.0. The molecule has 2 nitrogen and oxygen atoms in total. The number of aliphatic hydroxyl groups excluding tert-OH is 1. The second-order valence-electron chi connectivity index (χ2n) is 6.84. The summed E-state index contributed by atoms with van der Waals surface area (Å²) in [7, 11) is 0. The quantitative estimate of drug-likeness (QED) is 0.457. The molecule has 0 aliphatic carbocycles. The summed E-state index contributed by atoms with van der Waals surface area (Å²) in [6.45, 7) is 0.940. The molecule has 28 heavy (non-hydrogen) atoms. The van der Waals surface area contributed by atoms with Gasteiger partial charge in [-0.05, 0) is 35.4 Å². The van der Waals surface area contributed by atoms with E-state index in [1.165, 1.54) is 22.3 Å². The zero-order valence-electron chi connectivity index (χ0n) is 15.8. The zero-order chi connectivity index (χ0) is 19.2. The Labute approximate surface area is 166 Å². The van der Waals surface area contributed by atoms with Crippen molar-refractivity contribution in [3.63, 3.8) is 0 Å². The number of aromatic nitrogens is 1. The standard InChI is InChI=1S/C26H24NO/c28-18-10-17-27-25(22-13-6-2-7-14-22)19-24(21-11-4-1-5-12-21)20-26(27)23-15-8-3-9-16-23/h1-9,11-16,19-20,28H,10,17-18H2/q+1. The Kier molecular flexibility index (Phi) is 5.60. The molecule has 0 saturated carbocycles. The van der Waals surface area contributed by atoms with Gasteiger partial charge in [-0.1, -0.05) is 66.7 Å². The third kappa shape index (κ3) is 3.88. The van der Waals surface area contributed by atoms with Gasteiger partial charge in [0.1, 0.15) is 0 Å². The van der Waals surface area contributed by atoms with Crippen molar-refractivity contribution >= 4 is 0 Å². The summed E-state index contributed by atoms with van der Waals surface area (Å²) in [6.07, 6.45) is 0.717. The molecule has 138 valence electrons. The van der Waals surface area contributed by atoms with Crippen molar-refractivity contribution in [2.75, 3.05) is 6.61 Å². The van der Waals surface area contributed by atoms with Crippen molar-refractivity contribution in [1.82, 2.24) is 0 Å². The molecule has 0 amide bonds. The highest BCUT2D eigenvalue weighted by molar-refractivity contribution is 5.73. The Balaban J connectivity index is 1.99. The van der Waals surface area contributed by atoms with E-state index in [9.17, 15) is 5.11 Å². The first-order valence-corrected chi connectivity index (χ1v) is 9.72. The van der Waals surface area contributed by atoms with Gasteiger partial charge in [0, 0.05) is 36.3 Å². The van der Waals surface area contributed by atoms with E-state index in [1.54, 1.807) is 0 Å². The lowest BCUT2D eigenvalue weighted by molar-refractivity contribution is -0.676. The lowest BCUT2D eigenvalue weighted by Crippen LogP contribution is -2.39. The number of benzene rings is 3. The Bertz CT molecular complexity index is 967. The molecule has 0 atom stereocenters. The maximum atomic E-state index is 9.47. The van der Waals surface area contributed by atoms with E-state index >= 15 is 0 Å². The second kappa shape index (κ2) is 8.64. The molecule has 4 rings (SSSR count). The highest BCUT2D eigenvalue weighted by Crippen LogP contribution is 2.29. The summed E-state index contributed by atoms with van der Waals surface area (Å²) >= 11 is 0. The predicted octanol–water partition coefficient (Wildman–Crippen LogP) is 5.36. The predicted molar refractivity (Wildman–Crippen MR) is 115 cm³/mol. The highest BCUT2D eigenvalue weighted by Gasteiger charge is 2.22. The van der Waals surface area contributed by atoms with E-state index in [-0.39, 0.29) is 6.61 Å². The zero-order valence-corrected chi connectivity index (χ0v) is 15.8. The average molecular weight is 366 g/mol. The van der Waals surface area contributed by atoms with Gasteiger partial charge >= 0.3 is 0 Å². The van der Waals surface area contributed by atoms with Crippen molar-refractivity contribution in [3.05, 3.63) is 103 Å². The van der Waals surface area contributed by atoms with Crippen LogP contribution in [0, 0.1) is 0 Å². The molecule has 2 heteroatoms. The molecule has 0 radical (unpaired) electrons. The third-order valence-electron chi connectivity index (χ3n) is 4.95. The third-order valence-corrected chi connectivity index (χ3v) is 4.95. The molecule has 0 spiro atoms. The second-order valence-corrected chi connectivity index (χ2v) is 6.84. The maximum absolute atomic E-state index is 9.47. The average Bonchev–Trinajstić information content (AvgIpc) is 2.79. The summed E-state index contributed by atoms with van der Waals surface area (Å²) in [5.41, 5.74) is 7.07. The molecular formula is C26H24NO+. The SMILES string of the molecule is OCCC[n+]1c(-c2ccccc2)cc(-c2ccccc2)cc1-c1ccccc1. The number of nitrogens with zero attached hydrogens (tertiary/aromatic N) is 1. The normalized spacial score (nSPS) is 10.8. The van der Waals surface area contributed by atoms with E-state index < -0.39 is 0 Å². The smallest absolute Gasteiger partial charge is 0.213 e. The van der Waals surface area contributed by atoms with Crippen LogP contribution in [0.2, 0.25) is 0 Å². The molecule has 0 aliphatic heterocycles.